The minimum absolute atomic E-state index is 0.139. The molecule has 0 heterocycles. The van der Waals surface area contributed by atoms with Gasteiger partial charge in [-0.3, -0.25) is 0 Å². The van der Waals surface area contributed by atoms with Gasteiger partial charge < -0.3 is 5.11 Å². The van der Waals surface area contributed by atoms with E-state index in [0.717, 1.165) is 23.8 Å². The molecule has 21 heavy (non-hydrogen) atoms. The second-order valence-electron chi connectivity index (χ2n) is 5.59. The lowest BCUT2D eigenvalue weighted by Gasteiger charge is -2.27. The summed E-state index contributed by atoms with van der Waals surface area (Å²) < 4.78 is 25.6. The third-order valence-corrected chi connectivity index (χ3v) is 5.52. The first-order chi connectivity index (χ1) is 9.81. The summed E-state index contributed by atoms with van der Waals surface area (Å²) in [4.78, 5) is 0. The van der Waals surface area contributed by atoms with Crippen LogP contribution in [-0.4, -0.2) is 37.0 Å². The Morgan fingerprint density at radius 1 is 1.29 bits per heavy atom. The van der Waals surface area contributed by atoms with Gasteiger partial charge in [0.2, 0.25) is 10.0 Å². The molecule has 0 atom stereocenters. The predicted molar refractivity (Wildman–Crippen MR) is 85.5 cm³/mol. The first-order valence-electron chi connectivity index (χ1n) is 6.93. The van der Waals surface area contributed by atoms with Crippen molar-refractivity contribution in [3.05, 3.63) is 40.3 Å². The van der Waals surface area contributed by atoms with E-state index in [1.54, 1.807) is 24.3 Å². The highest BCUT2D eigenvalue weighted by atomic mass is 35.5. The molecule has 116 valence electrons. The van der Waals surface area contributed by atoms with Gasteiger partial charge in [-0.15, -0.1) is 0 Å². The average Bonchev–Trinajstić information content (AvgIpc) is 2.84. The Bertz CT molecular complexity index is 604. The Morgan fingerprint density at radius 3 is 2.43 bits per heavy atom. The minimum atomic E-state index is -3.53. The Labute approximate surface area is 131 Å². The number of aliphatic hydroxyl groups is 1. The fraction of sp³-hybridized carbons (Fsp3) is 0.467. The van der Waals surface area contributed by atoms with E-state index in [0.29, 0.717) is 17.9 Å². The monoisotopic (exact) mass is 329 g/mol. The van der Waals surface area contributed by atoms with Crippen molar-refractivity contribution in [2.75, 3.05) is 13.6 Å². The molecule has 0 bridgehead atoms. The smallest absolute Gasteiger partial charge is 0.236 e. The van der Waals surface area contributed by atoms with Crippen LogP contribution in [0.2, 0.25) is 5.02 Å². The van der Waals surface area contributed by atoms with Crippen LogP contribution in [0.1, 0.15) is 31.2 Å². The standard InChI is InChI=1S/C15H20ClNO3S/c1-17(12-15(18)9-2-3-10-15)21(19,20)11-8-13-4-6-14(16)7-5-13/h4-8,11,18H,2-3,9-10,12H2,1H3/b11-8+. The van der Waals surface area contributed by atoms with Crippen molar-refractivity contribution >= 4 is 27.7 Å². The number of halogens is 1. The quantitative estimate of drug-likeness (QED) is 0.903. The zero-order chi connectivity index (χ0) is 15.5. The van der Waals surface area contributed by atoms with E-state index in [2.05, 4.69) is 0 Å². The van der Waals surface area contributed by atoms with Crippen molar-refractivity contribution in [3.63, 3.8) is 0 Å². The second kappa shape index (κ2) is 6.48. The Hall–Kier alpha value is -0.880. The summed E-state index contributed by atoms with van der Waals surface area (Å²) in [6, 6.07) is 6.91. The SMILES string of the molecule is CN(CC1(O)CCCC1)S(=O)(=O)/C=C/c1ccc(Cl)cc1. The molecule has 0 radical (unpaired) electrons. The van der Waals surface area contributed by atoms with Crippen molar-refractivity contribution in [2.24, 2.45) is 0 Å². The van der Waals surface area contributed by atoms with Gasteiger partial charge in [0.15, 0.2) is 0 Å². The molecular formula is C15H20ClNO3S. The highest BCUT2D eigenvalue weighted by Crippen LogP contribution is 2.30. The highest BCUT2D eigenvalue weighted by molar-refractivity contribution is 7.92. The molecule has 0 spiro atoms. The maximum atomic E-state index is 12.2. The molecule has 1 aromatic carbocycles. The van der Waals surface area contributed by atoms with Gasteiger partial charge in [-0.1, -0.05) is 36.6 Å². The molecule has 6 heteroatoms. The molecule has 4 nitrogen and oxygen atoms in total. The van der Waals surface area contributed by atoms with Crippen molar-refractivity contribution in [1.29, 1.82) is 0 Å². The average molecular weight is 330 g/mol. The predicted octanol–water partition coefficient (Wildman–Crippen LogP) is 2.88. The van der Waals surface area contributed by atoms with E-state index in [-0.39, 0.29) is 6.54 Å². The van der Waals surface area contributed by atoms with Crippen LogP contribution in [0.4, 0.5) is 0 Å². The van der Waals surface area contributed by atoms with Crippen LogP contribution in [0.15, 0.2) is 29.7 Å². The summed E-state index contributed by atoms with van der Waals surface area (Å²) in [7, 11) is -2.04. The van der Waals surface area contributed by atoms with E-state index >= 15 is 0 Å². The molecule has 0 aliphatic heterocycles. The molecule has 0 saturated heterocycles. The molecule has 2 rings (SSSR count). The van der Waals surface area contributed by atoms with Gasteiger partial charge in [-0.2, -0.15) is 4.31 Å². The number of benzene rings is 1. The summed E-state index contributed by atoms with van der Waals surface area (Å²) >= 11 is 5.78. The topological polar surface area (TPSA) is 57.6 Å². The van der Waals surface area contributed by atoms with Crippen LogP contribution < -0.4 is 0 Å². The highest BCUT2D eigenvalue weighted by Gasteiger charge is 2.34. The van der Waals surface area contributed by atoms with Gasteiger partial charge in [-0.05, 0) is 36.6 Å². The first kappa shape index (κ1) is 16.5. The summed E-state index contributed by atoms with van der Waals surface area (Å²) in [5.41, 5.74) is -0.119. The molecule has 1 aliphatic carbocycles. The van der Waals surface area contributed by atoms with Crippen LogP contribution in [0.5, 0.6) is 0 Å². The van der Waals surface area contributed by atoms with Gasteiger partial charge in [0.05, 0.1) is 5.60 Å². The Balaban J connectivity index is 2.05. The summed E-state index contributed by atoms with van der Waals surface area (Å²) in [5.74, 6) is 0. The van der Waals surface area contributed by atoms with Crippen molar-refractivity contribution in [3.8, 4) is 0 Å². The molecule has 1 saturated carbocycles. The summed E-state index contributed by atoms with van der Waals surface area (Å²) in [5, 5.41) is 12.1. The molecule has 1 fully saturated rings. The molecule has 0 amide bonds. The van der Waals surface area contributed by atoms with Crippen molar-refractivity contribution in [1.82, 2.24) is 4.31 Å². The van der Waals surface area contributed by atoms with Crippen molar-refractivity contribution in [2.45, 2.75) is 31.3 Å². The number of hydrogen-bond donors (Lipinski definition) is 1. The fourth-order valence-corrected chi connectivity index (χ4v) is 3.62. The fourth-order valence-electron chi connectivity index (χ4n) is 2.54. The first-order valence-corrected chi connectivity index (χ1v) is 8.81. The van der Waals surface area contributed by atoms with E-state index in [1.165, 1.54) is 17.4 Å². The molecule has 0 unspecified atom stereocenters. The number of hydrogen-bond acceptors (Lipinski definition) is 3. The second-order valence-corrected chi connectivity index (χ2v) is 7.95. The Morgan fingerprint density at radius 2 is 1.86 bits per heavy atom. The van der Waals surface area contributed by atoms with E-state index in [1.807, 2.05) is 0 Å². The Kier molecular flexibility index (Phi) is 5.09. The van der Waals surface area contributed by atoms with Crippen LogP contribution in [0.25, 0.3) is 6.08 Å². The van der Waals surface area contributed by atoms with Gasteiger partial charge in [0, 0.05) is 24.0 Å². The lowest BCUT2D eigenvalue weighted by Crippen LogP contribution is -2.41. The summed E-state index contributed by atoms with van der Waals surface area (Å²) in [6.45, 7) is 0.139. The maximum Gasteiger partial charge on any atom is 0.236 e. The van der Waals surface area contributed by atoms with E-state index < -0.39 is 15.6 Å². The van der Waals surface area contributed by atoms with Crippen LogP contribution in [-0.2, 0) is 10.0 Å². The number of nitrogens with zero attached hydrogens (tertiary/aromatic N) is 1. The lowest BCUT2D eigenvalue weighted by molar-refractivity contribution is 0.0336. The molecular weight excluding hydrogens is 310 g/mol. The number of rotatable bonds is 5. The van der Waals surface area contributed by atoms with Crippen LogP contribution in [0, 0.1) is 0 Å². The van der Waals surface area contributed by atoms with E-state index in [4.69, 9.17) is 11.6 Å². The zero-order valence-electron chi connectivity index (χ0n) is 12.0. The number of likely N-dealkylation sites (N-methyl/N-ethyl adjacent to an activating group) is 1. The third kappa shape index (κ3) is 4.54. The van der Waals surface area contributed by atoms with Crippen LogP contribution in [0.3, 0.4) is 0 Å². The van der Waals surface area contributed by atoms with Gasteiger partial charge in [0.25, 0.3) is 0 Å². The third-order valence-electron chi connectivity index (χ3n) is 3.79. The zero-order valence-corrected chi connectivity index (χ0v) is 13.6. The number of sulfonamides is 1. The lowest BCUT2D eigenvalue weighted by atomic mass is 10.0. The molecule has 1 aromatic rings. The van der Waals surface area contributed by atoms with Crippen LogP contribution >= 0.6 is 11.6 Å². The normalized spacial score (nSPS) is 18.7. The largest absolute Gasteiger partial charge is 0.389 e. The van der Waals surface area contributed by atoms with Gasteiger partial charge >= 0.3 is 0 Å². The van der Waals surface area contributed by atoms with Gasteiger partial charge in [0.1, 0.15) is 0 Å². The molecule has 1 aliphatic rings. The molecule has 0 aromatic heterocycles. The minimum Gasteiger partial charge on any atom is -0.389 e. The van der Waals surface area contributed by atoms with E-state index in [9.17, 15) is 13.5 Å². The van der Waals surface area contributed by atoms with Gasteiger partial charge in [-0.25, -0.2) is 8.42 Å². The summed E-state index contributed by atoms with van der Waals surface area (Å²) in [6.07, 6.45) is 4.75. The van der Waals surface area contributed by atoms with Crippen molar-refractivity contribution < 1.29 is 13.5 Å². The molecule has 1 N–H and O–H groups in total. The maximum absolute atomic E-state index is 12.2.